The number of hydrogen-bond acceptors (Lipinski definition) is 6. The van der Waals surface area contributed by atoms with Gasteiger partial charge in [-0.05, 0) is 104 Å². The summed E-state index contributed by atoms with van der Waals surface area (Å²) < 4.78 is 38.2. The number of para-hydroxylation sites is 1. The number of aromatic nitrogens is 4. The zero-order valence-electron chi connectivity index (χ0n) is 25.6. The van der Waals surface area contributed by atoms with Gasteiger partial charge in [-0.2, -0.15) is 0 Å². The largest absolute Gasteiger partial charge is 0.457 e. The molecule has 0 saturated heterocycles. The highest BCUT2D eigenvalue weighted by atomic mass is 35.5. The van der Waals surface area contributed by atoms with Gasteiger partial charge < -0.3 is 9.30 Å². The standard InChI is InChI=1S/C36H32ClN5O3S/c1-25-12-13-29(21-34(25)37)28-14-19-35(26(2)20-28)46(43,44)42(31-15-17-33(18-16-31)45-32-10-5-4-6-11-32)23-36-40-38-24-41(36)22-30-9-7-8-27(3)39-30/h4-21,24H,22-23H2,1-3H3. The molecule has 0 unspecified atom stereocenters. The van der Waals surface area contributed by atoms with Crippen LogP contribution in [0.25, 0.3) is 11.1 Å². The first-order chi connectivity index (χ1) is 22.2. The van der Waals surface area contributed by atoms with Gasteiger partial charge in [0.05, 0.1) is 29.4 Å². The molecule has 0 aliphatic heterocycles. The first-order valence-electron chi connectivity index (χ1n) is 14.7. The number of hydrogen-bond donors (Lipinski definition) is 0. The number of nitrogens with zero attached hydrogens (tertiary/aromatic N) is 5. The van der Waals surface area contributed by atoms with Gasteiger partial charge in [0.2, 0.25) is 0 Å². The van der Waals surface area contributed by atoms with Crippen molar-refractivity contribution < 1.29 is 13.2 Å². The van der Waals surface area contributed by atoms with Crippen molar-refractivity contribution in [3.63, 3.8) is 0 Å². The van der Waals surface area contributed by atoms with Crippen molar-refractivity contribution >= 4 is 27.3 Å². The van der Waals surface area contributed by atoms with Crippen LogP contribution in [-0.4, -0.2) is 28.2 Å². The summed E-state index contributed by atoms with van der Waals surface area (Å²) >= 11 is 6.38. The molecule has 0 fully saturated rings. The zero-order valence-corrected chi connectivity index (χ0v) is 27.2. The number of benzene rings is 4. The number of aryl methyl sites for hydroxylation is 3. The molecule has 6 rings (SSSR count). The fourth-order valence-electron chi connectivity index (χ4n) is 5.15. The molecule has 4 aromatic carbocycles. The van der Waals surface area contributed by atoms with E-state index in [1.807, 2.05) is 97.3 Å². The molecule has 2 aromatic heterocycles. The topological polar surface area (TPSA) is 90.2 Å². The molecule has 0 radical (unpaired) electrons. The molecule has 0 N–H and O–H groups in total. The predicted octanol–water partition coefficient (Wildman–Crippen LogP) is 8.15. The Bertz CT molecular complexity index is 2100. The molecule has 0 spiro atoms. The first kappa shape index (κ1) is 31.0. The minimum absolute atomic E-state index is 0.0538. The number of anilines is 1. The summed E-state index contributed by atoms with van der Waals surface area (Å²) in [5, 5.41) is 9.08. The maximum Gasteiger partial charge on any atom is 0.264 e. The Kier molecular flexibility index (Phi) is 8.87. The van der Waals surface area contributed by atoms with Gasteiger partial charge in [0.15, 0.2) is 5.82 Å². The van der Waals surface area contributed by atoms with Gasteiger partial charge in [-0.3, -0.25) is 9.29 Å². The Morgan fingerprint density at radius 3 is 2.22 bits per heavy atom. The van der Waals surface area contributed by atoms with Crippen LogP contribution < -0.4 is 9.04 Å². The van der Waals surface area contributed by atoms with Crippen LogP contribution in [0.4, 0.5) is 5.69 Å². The molecule has 10 heteroatoms. The highest BCUT2D eigenvalue weighted by molar-refractivity contribution is 7.92. The van der Waals surface area contributed by atoms with Crippen molar-refractivity contribution in [2.75, 3.05) is 4.31 Å². The number of rotatable bonds is 10. The fourth-order valence-corrected chi connectivity index (χ4v) is 6.96. The molecule has 0 amide bonds. The van der Waals surface area contributed by atoms with Gasteiger partial charge in [-0.15, -0.1) is 10.2 Å². The lowest BCUT2D eigenvalue weighted by Crippen LogP contribution is -2.32. The van der Waals surface area contributed by atoms with E-state index in [2.05, 4.69) is 15.2 Å². The van der Waals surface area contributed by atoms with Gasteiger partial charge in [0.1, 0.15) is 17.8 Å². The smallest absolute Gasteiger partial charge is 0.264 e. The van der Waals surface area contributed by atoms with E-state index in [9.17, 15) is 8.42 Å². The van der Waals surface area contributed by atoms with E-state index in [1.54, 1.807) is 43.6 Å². The van der Waals surface area contributed by atoms with Gasteiger partial charge in [-0.1, -0.05) is 60.1 Å². The Morgan fingerprint density at radius 2 is 1.50 bits per heavy atom. The van der Waals surface area contributed by atoms with Crippen molar-refractivity contribution in [1.29, 1.82) is 0 Å². The van der Waals surface area contributed by atoms with Crippen molar-refractivity contribution in [2.24, 2.45) is 0 Å². The van der Waals surface area contributed by atoms with Gasteiger partial charge in [0, 0.05) is 10.7 Å². The Labute approximate surface area is 274 Å². The minimum atomic E-state index is -4.07. The molecule has 0 bridgehead atoms. The highest BCUT2D eigenvalue weighted by Gasteiger charge is 2.29. The normalized spacial score (nSPS) is 11.4. The summed E-state index contributed by atoms with van der Waals surface area (Å²) in [6.45, 7) is 6.01. The van der Waals surface area contributed by atoms with E-state index in [0.717, 1.165) is 28.1 Å². The van der Waals surface area contributed by atoms with Crippen molar-refractivity contribution in [3.05, 3.63) is 149 Å². The van der Waals surface area contributed by atoms with Gasteiger partial charge in [-0.25, -0.2) is 8.42 Å². The van der Waals surface area contributed by atoms with E-state index in [1.165, 1.54) is 4.31 Å². The molecular formula is C36H32ClN5O3S. The number of ether oxygens (including phenoxy) is 1. The van der Waals surface area contributed by atoms with E-state index >= 15 is 0 Å². The minimum Gasteiger partial charge on any atom is -0.457 e. The second-order valence-electron chi connectivity index (χ2n) is 11.0. The molecule has 8 nitrogen and oxygen atoms in total. The summed E-state index contributed by atoms with van der Waals surface area (Å²) in [5.41, 5.74) is 5.53. The highest BCUT2D eigenvalue weighted by Crippen LogP contribution is 2.33. The van der Waals surface area contributed by atoms with E-state index in [-0.39, 0.29) is 11.4 Å². The van der Waals surface area contributed by atoms with Crippen LogP contribution >= 0.6 is 11.6 Å². The van der Waals surface area contributed by atoms with E-state index in [0.29, 0.717) is 40.1 Å². The summed E-state index contributed by atoms with van der Waals surface area (Å²) in [4.78, 5) is 4.78. The second-order valence-corrected chi connectivity index (χ2v) is 13.2. The van der Waals surface area contributed by atoms with E-state index in [4.69, 9.17) is 16.3 Å². The van der Waals surface area contributed by atoms with Crippen molar-refractivity contribution in [2.45, 2.75) is 38.8 Å². The Morgan fingerprint density at radius 1 is 0.783 bits per heavy atom. The van der Waals surface area contributed by atoms with Crippen LogP contribution in [0.1, 0.15) is 28.3 Å². The third-order valence-corrected chi connectivity index (χ3v) is 9.95. The molecule has 232 valence electrons. The van der Waals surface area contributed by atoms with Gasteiger partial charge >= 0.3 is 0 Å². The average Bonchev–Trinajstić information content (AvgIpc) is 3.48. The van der Waals surface area contributed by atoms with Crippen LogP contribution in [0.2, 0.25) is 5.02 Å². The van der Waals surface area contributed by atoms with Crippen molar-refractivity contribution in [1.82, 2.24) is 19.7 Å². The van der Waals surface area contributed by atoms with Crippen LogP contribution in [-0.2, 0) is 23.1 Å². The third kappa shape index (κ3) is 6.80. The lowest BCUT2D eigenvalue weighted by molar-refractivity contribution is 0.482. The summed E-state index contributed by atoms with van der Waals surface area (Å²) in [6, 6.07) is 33.3. The molecule has 6 aromatic rings. The maximum absolute atomic E-state index is 14.5. The van der Waals surface area contributed by atoms with Crippen molar-refractivity contribution in [3.8, 4) is 22.6 Å². The molecule has 0 aliphatic rings. The van der Waals surface area contributed by atoms with Crippen LogP contribution in [0.15, 0.2) is 120 Å². The lowest BCUT2D eigenvalue weighted by atomic mass is 10.0. The summed E-state index contributed by atoms with van der Waals surface area (Å²) in [7, 11) is -4.07. The summed E-state index contributed by atoms with van der Waals surface area (Å²) in [5.74, 6) is 1.74. The molecule has 0 saturated carbocycles. The van der Waals surface area contributed by atoms with Crippen LogP contribution in [0, 0.1) is 20.8 Å². The number of halogens is 1. The Balaban J connectivity index is 1.36. The summed E-state index contributed by atoms with van der Waals surface area (Å²) in [6.07, 6.45) is 1.59. The molecule has 46 heavy (non-hydrogen) atoms. The third-order valence-electron chi connectivity index (χ3n) is 7.61. The molecule has 0 aliphatic carbocycles. The average molecular weight is 650 g/mol. The maximum atomic E-state index is 14.5. The van der Waals surface area contributed by atoms with Crippen LogP contribution in [0.5, 0.6) is 11.5 Å². The monoisotopic (exact) mass is 649 g/mol. The number of pyridine rings is 1. The van der Waals surface area contributed by atoms with Crippen LogP contribution in [0.3, 0.4) is 0 Å². The Hall–Kier alpha value is -4.99. The number of sulfonamides is 1. The SMILES string of the molecule is Cc1cccc(Cn2cnnc2CN(c2ccc(Oc3ccccc3)cc2)S(=O)(=O)c2ccc(-c3ccc(C)c(Cl)c3)cc2C)n1. The molecular weight excluding hydrogens is 618 g/mol. The molecule has 0 atom stereocenters. The quantitative estimate of drug-likeness (QED) is 0.149. The second kappa shape index (κ2) is 13.2. The van der Waals surface area contributed by atoms with Gasteiger partial charge in [0.25, 0.3) is 10.0 Å². The fraction of sp³-hybridized carbons (Fsp3) is 0.139. The molecule has 2 heterocycles. The predicted molar refractivity (Wildman–Crippen MR) is 181 cm³/mol. The lowest BCUT2D eigenvalue weighted by Gasteiger charge is -2.25. The first-order valence-corrected chi connectivity index (χ1v) is 16.5. The zero-order chi connectivity index (χ0) is 32.3. The van der Waals surface area contributed by atoms with E-state index < -0.39 is 10.0 Å².